The van der Waals surface area contributed by atoms with Gasteiger partial charge < -0.3 is 5.32 Å². The van der Waals surface area contributed by atoms with Crippen LogP contribution in [-0.4, -0.2) is 26.0 Å². The maximum absolute atomic E-state index is 12.2. The zero-order valence-electron chi connectivity index (χ0n) is 10.3. The second-order valence-electron chi connectivity index (χ2n) is 4.92. The van der Waals surface area contributed by atoms with Gasteiger partial charge in [-0.25, -0.2) is 8.42 Å². The van der Waals surface area contributed by atoms with Gasteiger partial charge in [-0.15, -0.1) is 0 Å². The van der Waals surface area contributed by atoms with Crippen molar-refractivity contribution >= 4 is 9.84 Å². The van der Waals surface area contributed by atoms with Crippen molar-refractivity contribution in [3.05, 3.63) is 35.9 Å². The van der Waals surface area contributed by atoms with Gasteiger partial charge in [-0.1, -0.05) is 44.2 Å². The number of sulfone groups is 1. The summed E-state index contributed by atoms with van der Waals surface area (Å²) in [5.41, 5.74) is 1.06. The first-order valence-electron chi connectivity index (χ1n) is 6.02. The Morgan fingerprint density at radius 3 is 2.47 bits per heavy atom. The van der Waals surface area contributed by atoms with E-state index >= 15 is 0 Å². The smallest absolute Gasteiger partial charge is 0.156 e. The molecule has 1 saturated heterocycles. The number of rotatable bonds is 2. The van der Waals surface area contributed by atoms with Crippen LogP contribution in [0.4, 0.5) is 0 Å². The predicted molar refractivity (Wildman–Crippen MR) is 69.6 cm³/mol. The molecule has 0 bridgehead atoms. The molecule has 1 fully saturated rings. The molecule has 2 rings (SSSR count). The number of hydrogen-bond donors (Lipinski definition) is 1. The van der Waals surface area contributed by atoms with E-state index < -0.39 is 9.84 Å². The normalized spacial score (nSPS) is 28.2. The van der Waals surface area contributed by atoms with Crippen molar-refractivity contribution in [3.63, 3.8) is 0 Å². The van der Waals surface area contributed by atoms with Crippen molar-refractivity contribution < 1.29 is 8.42 Å². The predicted octanol–water partition coefficient (Wildman–Crippen LogP) is 1.77. The fraction of sp³-hybridized carbons (Fsp3) is 0.538. The molecule has 2 unspecified atom stereocenters. The van der Waals surface area contributed by atoms with Gasteiger partial charge in [0.2, 0.25) is 0 Å². The molecule has 1 aliphatic heterocycles. The van der Waals surface area contributed by atoms with E-state index in [2.05, 4.69) is 5.32 Å². The standard InChI is InChI=1S/C13H19NO2S/c1-10(2)13-12(11-6-4-3-5-7-11)14-8-9-17(13,15)16/h3-7,10,12-14H,8-9H2,1-2H3. The molecular weight excluding hydrogens is 234 g/mol. The Hall–Kier alpha value is -0.870. The van der Waals surface area contributed by atoms with E-state index in [0.29, 0.717) is 6.54 Å². The molecule has 1 aromatic rings. The van der Waals surface area contributed by atoms with Gasteiger partial charge in [0.15, 0.2) is 9.84 Å². The molecule has 3 nitrogen and oxygen atoms in total. The molecule has 0 radical (unpaired) electrons. The van der Waals surface area contributed by atoms with Crippen molar-refractivity contribution in [2.24, 2.45) is 5.92 Å². The molecular formula is C13H19NO2S. The monoisotopic (exact) mass is 253 g/mol. The van der Waals surface area contributed by atoms with E-state index in [1.54, 1.807) is 0 Å². The molecule has 1 N–H and O–H groups in total. The van der Waals surface area contributed by atoms with Gasteiger partial charge >= 0.3 is 0 Å². The molecule has 0 saturated carbocycles. The second-order valence-corrected chi connectivity index (χ2v) is 7.20. The quantitative estimate of drug-likeness (QED) is 0.873. The van der Waals surface area contributed by atoms with Crippen LogP contribution < -0.4 is 5.32 Å². The van der Waals surface area contributed by atoms with Crippen molar-refractivity contribution in [3.8, 4) is 0 Å². The molecule has 0 aromatic heterocycles. The zero-order valence-corrected chi connectivity index (χ0v) is 11.1. The van der Waals surface area contributed by atoms with Crippen molar-refractivity contribution in [1.29, 1.82) is 0 Å². The summed E-state index contributed by atoms with van der Waals surface area (Å²) in [6.07, 6.45) is 0. The first-order valence-corrected chi connectivity index (χ1v) is 7.74. The van der Waals surface area contributed by atoms with Crippen LogP contribution in [0.25, 0.3) is 0 Å². The topological polar surface area (TPSA) is 46.2 Å². The zero-order chi connectivity index (χ0) is 12.5. The Balaban J connectivity index is 2.39. The molecule has 4 heteroatoms. The van der Waals surface area contributed by atoms with Crippen LogP contribution >= 0.6 is 0 Å². The van der Waals surface area contributed by atoms with E-state index in [1.165, 1.54) is 0 Å². The van der Waals surface area contributed by atoms with Gasteiger partial charge in [-0.2, -0.15) is 0 Å². The third kappa shape index (κ3) is 2.53. The van der Waals surface area contributed by atoms with Crippen LogP contribution in [0.15, 0.2) is 30.3 Å². The fourth-order valence-corrected chi connectivity index (χ4v) is 4.76. The lowest BCUT2D eigenvalue weighted by Crippen LogP contribution is -2.48. The maximum atomic E-state index is 12.2. The third-order valence-electron chi connectivity index (χ3n) is 3.31. The van der Waals surface area contributed by atoms with E-state index in [9.17, 15) is 8.42 Å². The van der Waals surface area contributed by atoms with Crippen LogP contribution in [0.1, 0.15) is 25.5 Å². The fourth-order valence-electron chi connectivity index (χ4n) is 2.58. The average molecular weight is 253 g/mol. The Bertz CT molecular complexity index is 467. The Morgan fingerprint density at radius 2 is 1.88 bits per heavy atom. The SMILES string of the molecule is CC(C)C1C(c2ccccc2)NCCS1(=O)=O. The van der Waals surface area contributed by atoms with Gasteiger partial charge in [0.05, 0.1) is 11.0 Å². The summed E-state index contributed by atoms with van der Waals surface area (Å²) in [5, 5.41) is 3.02. The Kier molecular flexibility index (Phi) is 3.54. The van der Waals surface area contributed by atoms with Gasteiger partial charge in [-0.3, -0.25) is 0 Å². The lowest BCUT2D eigenvalue weighted by molar-refractivity contribution is 0.408. The minimum absolute atomic E-state index is 0.0741. The molecule has 1 heterocycles. The molecule has 1 aliphatic rings. The molecule has 1 aromatic carbocycles. The van der Waals surface area contributed by atoms with Crippen LogP contribution in [-0.2, 0) is 9.84 Å². The molecule has 0 amide bonds. The van der Waals surface area contributed by atoms with E-state index in [-0.39, 0.29) is 23.0 Å². The summed E-state index contributed by atoms with van der Waals surface area (Å²) < 4.78 is 24.3. The highest BCUT2D eigenvalue weighted by molar-refractivity contribution is 7.92. The first kappa shape index (κ1) is 12.6. The highest BCUT2D eigenvalue weighted by Crippen LogP contribution is 2.30. The van der Waals surface area contributed by atoms with Gasteiger partial charge in [0, 0.05) is 12.6 Å². The summed E-state index contributed by atoms with van der Waals surface area (Å²) in [4.78, 5) is 0. The van der Waals surface area contributed by atoms with E-state index in [0.717, 1.165) is 5.56 Å². The van der Waals surface area contributed by atoms with Crippen molar-refractivity contribution in [2.45, 2.75) is 25.1 Å². The minimum atomic E-state index is -2.98. The molecule has 94 valence electrons. The Morgan fingerprint density at radius 1 is 1.24 bits per heavy atom. The lowest BCUT2D eigenvalue weighted by atomic mass is 9.96. The number of hydrogen-bond acceptors (Lipinski definition) is 3. The van der Waals surface area contributed by atoms with Crippen molar-refractivity contribution in [1.82, 2.24) is 5.32 Å². The summed E-state index contributed by atoms with van der Waals surface area (Å²) in [7, 11) is -2.98. The molecule has 2 atom stereocenters. The Labute approximate surface area is 103 Å². The molecule has 0 aliphatic carbocycles. The van der Waals surface area contributed by atoms with Crippen LogP contribution in [0.2, 0.25) is 0 Å². The average Bonchev–Trinajstić information content (AvgIpc) is 2.28. The van der Waals surface area contributed by atoms with Gasteiger partial charge in [0.25, 0.3) is 0 Å². The number of benzene rings is 1. The molecule has 17 heavy (non-hydrogen) atoms. The van der Waals surface area contributed by atoms with Gasteiger partial charge in [-0.05, 0) is 11.5 Å². The second kappa shape index (κ2) is 4.78. The highest BCUT2D eigenvalue weighted by atomic mass is 32.2. The minimum Gasteiger partial charge on any atom is -0.308 e. The van der Waals surface area contributed by atoms with Crippen LogP contribution in [0.3, 0.4) is 0 Å². The van der Waals surface area contributed by atoms with Crippen LogP contribution in [0.5, 0.6) is 0 Å². The lowest BCUT2D eigenvalue weighted by Gasteiger charge is -2.35. The number of nitrogens with one attached hydrogen (secondary N) is 1. The highest BCUT2D eigenvalue weighted by Gasteiger charge is 2.39. The van der Waals surface area contributed by atoms with Gasteiger partial charge in [0.1, 0.15) is 0 Å². The summed E-state index contributed by atoms with van der Waals surface area (Å²) in [6.45, 7) is 4.50. The van der Waals surface area contributed by atoms with Crippen molar-refractivity contribution in [2.75, 3.05) is 12.3 Å². The maximum Gasteiger partial charge on any atom is 0.156 e. The summed E-state index contributed by atoms with van der Waals surface area (Å²) in [6, 6.07) is 9.77. The van der Waals surface area contributed by atoms with E-state index in [4.69, 9.17) is 0 Å². The summed E-state index contributed by atoms with van der Waals surface area (Å²) in [5.74, 6) is 0.372. The summed E-state index contributed by atoms with van der Waals surface area (Å²) >= 11 is 0. The first-order chi connectivity index (χ1) is 8.02. The largest absolute Gasteiger partial charge is 0.308 e. The third-order valence-corrected chi connectivity index (χ3v) is 5.73. The van der Waals surface area contributed by atoms with Crippen LogP contribution in [0, 0.1) is 5.92 Å². The van der Waals surface area contributed by atoms with E-state index in [1.807, 2.05) is 44.2 Å². The molecule has 0 spiro atoms.